The Bertz CT molecular complexity index is 351. The zero-order valence-electron chi connectivity index (χ0n) is 12.7. The molecule has 2 rings (SSSR count). The Labute approximate surface area is 121 Å². The molecule has 114 valence electrons. The lowest BCUT2D eigenvalue weighted by Crippen LogP contribution is -2.54. The molecule has 0 radical (unpaired) electrons. The van der Waals surface area contributed by atoms with Crippen LogP contribution in [-0.2, 0) is 9.59 Å². The number of likely N-dealkylation sites (tertiary alicyclic amines) is 1. The number of amides is 2. The fourth-order valence-corrected chi connectivity index (χ4v) is 3.31. The Morgan fingerprint density at radius 3 is 2.55 bits per heavy atom. The SMILES string of the molecule is CCC1CCNC(C(=O)N2CCC(NC(C)=O)CC2)C1. The summed E-state index contributed by atoms with van der Waals surface area (Å²) in [4.78, 5) is 25.5. The molecule has 2 saturated heterocycles. The molecule has 0 aliphatic carbocycles. The lowest BCUT2D eigenvalue weighted by atomic mass is 9.89. The van der Waals surface area contributed by atoms with Crippen LogP contribution in [0.15, 0.2) is 0 Å². The Morgan fingerprint density at radius 2 is 1.95 bits per heavy atom. The normalized spacial score (nSPS) is 28.2. The number of hydrogen-bond acceptors (Lipinski definition) is 3. The average molecular weight is 281 g/mol. The Hall–Kier alpha value is -1.10. The first-order valence-electron chi connectivity index (χ1n) is 7.89. The predicted octanol–water partition coefficient (Wildman–Crippen LogP) is 0.892. The van der Waals surface area contributed by atoms with Crippen LogP contribution in [0.4, 0.5) is 0 Å². The van der Waals surface area contributed by atoms with Crippen molar-refractivity contribution in [1.82, 2.24) is 15.5 Å². The van der Waals surface area contributed by atoms with E-state index in [0.29, 0.717) is 5.92 Å². The molecule has 0 aromatic heterocycles. The lowest BCUT2D eigenvalue weighted by molar-refractivity contribution is -0.135. The van der Waals surface area contributed by atoms with Crippen LogP contribution in [0.3, 0.4) is 0 Å². The van der Waals surface area contributed by atoms with Gasteiger partial charge in [-0.25, -0.2) is 0 Å². The molecule has 2 unspecified atom stereocenters. The van der Waals surface area contributed by atoms with Gasteiger partial charge in [0.25, 0.3) is 0 Å². The molecule has 2 fully saturated rings. The van der Waals surface area contributed by atoms with Gasteiger partial charge in [-0.1, -0.05) is 13.3 Å². The monoisotopic (exact) mass is 281 g/mol. The average Bonchev–Trinajstić information content (AvgIpc) is 2.47. The summed E-state index contributed by atoms with van der Waals surface area (Å²) in [6, 6.07) is 0.241. The maximum absolute atomic E-state index is 12.5. The van der Waals surface area contributed by atoms with Crippen LogP contribution >= 0.6 is 0 Å². The highest BCUT2D eigenvalue weighted by Crippen LogP contribution is 2.21. The number of nitrogens with zero attached hydrogens (tertiary/aromatic N) is 1. The maximum atomic E-state index is 12.5. The van der Waals surface area contributed by atoms with E-state index in [1.807, 2.05) is 4.90 Å². The molecule has 20 heavy (non-hydrogen) atoms. The van der Waals surface area contributed by atoms with Crippen molar-refractivity contribution < 1.29 is 9.59 Å². The van der Waals surface area contributed by atoms with Crippen LogP contribution in [0.1, 0.15) is 46.0 Å². The van der Waals surface area contributed by atoms with Crippen molar-refractivity contribution in [3.63, 3.8) is 0 Å². The number of hydrogen-bond donors (Lipinski definition) is 2. The van der Waals surface area contributed by atoms with Gasteiger partial charge in [0.1, 0.15) is 0 Å². The summed E-state index contributed by atoms with van der Waals surface area (Å²) < 4.78 is 0. The first kappa shape index (κ1) is 15.3. The summed E-state index contributed by atoms with van der Waals surface area (Å²) >= 11 is 0. The standard InChI is InChI=1S/C15H27N3O2/c1-3-12-4-7-16-14(10-12)15(20)18-8-5-13(6-9-18)17-11(2)19/h12-14,16H,3-10H2,1-2H3,(H,17,19). The van der Waals surface area contributed by atoms with E-state index < -0.39 is 0 Å². The van der Waals surface area contributed by atoms with Gasteiger partial charge in [-0.15, -0.1) is 0 Å². The fraction of sp³-hybridized carbons (Fsp3) is 0.867. The Balaban J connectivity index is 1.80. The van der Waals surface area contributed by atoms with Crippen LogP contribution in [0, 0.1) is 5.92 Å². The van der Waals surface area contributed by atoms with Gasteiger partial charge in [0.15, 0.2) is 0 Å². The Kier molecular flexibility index (Phi) is 5.40. The van der Waals surface area contributed by atoms with Crippen molar-refractivity contribution in [3.8, 4) is 0 Å². The highest BCUT2D eigenvalue weighted by molar-refractivity contribution is 5.82. The second kappa shape index (κ2) is 7.07. The molecule has 2 aliphatic heterocycles. The molecule has 2 amide bonds. The smallest absolute Gasteiger partial charge is 0.239 e. The minimum Gasteiger partial charge on any atom is -0.353 e. The van der Waals surface area contributed by atoms with Gasteiger partial charge < -0.3 is 15.5 Å². The number of nitrogens with one attached hydrogen (secondary N) is 2. The van der Waals surface area contributed by atoms with Crippen molar-refractivity contribution in [3.05, 3.63) is 0 Å². The van der Waals surface area contributed by atoms with E-state index >= 15 is 0 Å². The van der Waals surface area contributed by atoms with Crippen molar-refractivity contribution in [2.45, 2.75) is 58.0 Å². The molecular weight excluding hydrogens is 254 g/mol. The molecule has 5 heteroatoms. The van der Waals surface area contributed by atoms with Crippen LogP contribution in [-0.4, -0.2) is 48.4 Å². The van der Waals surface area contributed by atoms with Gasteiger partial charge >= 0.3 is 0 Å². The fourth-order valence-electron chi connectivity index (χ4n) is 3.31. The molecular formula is C15H27N3O2. The van der Waals surface area contributed by atoms with Crippen LogP contribution in [0.5, 0.6) is 0 Å². The summed E-state index contributed by atoms with van der Waals surface area (Å²) in [5, 5.41) is 6.31. The van der Waals surface area contributed by atoms with E-state index in [1.54, 1.807) is 6.92 Å². The molecule has 0 aromatic carbocycles. The van der Waals surface area contributed by atoms with Gasteiger partial charge in [0.2, 0.25) is 11.8 Å². The summed E-state index contributed by atoms with van der Waals surface area (Å²) in [7, 11) is 0. The van der Waals surface area contributed by atoms with Crippen LogP contribution < -0.4 is 10.6 Å². The van der Waals surface area contributed by atoms with Crippen LogP contribution in [0.2, 0.25) is 0 Å². The summed E-state index contributed by atoms with van der Waals surface area (Å²) in [5.41, 5.74) is 0. The highest BCUT2D eigenvalue weighted by atomic mass is 16.2. The third-order valence-corrected chi connectivity index (χ3v) is 4.60. The van der Waals surface area contributed by atoms with Crippen molar-refractivity contribution >= 4 is 11.8 Å². The van der Waals surface area contributed by atoms with Gasteiger partial charge in [-0.05, 0) is 38.1 Å². The number of carbonyl (C=O) groups is 2. The second-order valence-corrected chi connectivity index (χ2v) is 6.11. The summed E-state index contributed by atoms with van der Waals surface area (Å²) in [6.07, 6.45) is 5.06. The number of piperidine rings is 2. The van der Waals surface area contributed by atoms with Crippen molar-refractivity contribution in [2.24, 2.45) is 5.92 Å². The van der Waals surface area contributed by atoms with Crippen molar-refractivity contribution in [2.75, 3.05) is 19.6 Å². The predicted molar refractivity (Wildman–Crippen MR) is 78.2 cm³/mol. The molecule has 2 aliphatic rings. The molecule has 0 spiro atoms. The van der Waals surface area contributed by atoms with Crippen molar-refractivity contribution in [1.29, 1.82) is 0 Å². The minimum atomic E-state index is 0.00557. The lowest BCUT2D eigenvalue weighted by Gasteiger charge is -2.37. The van der Waals surface area contributed by atoms with E-state index in [-0.39, 0.29) is 23.9 Å². The molecule has 0 aromatic rings. The third-order valence-electron chi connectivity index (χ3n) is 4.60. The van der Waals surface area contributed by atoms with Gasteiger partial charge in [0, 0.05) is 26.1 Å². The van der Waals surface area contributed by atoms with Gasteiger partial charge in [-0.2, -0.15) is 0 Å². The number of rotatable bonds is 3. The largest absolute Gasteiger partial charge is 0.353 e. The topological polar surface area (TPSA) is 61.4 Å². The quantitative estimate of drug-likeness (QED) is 0.808. The van der Waals surface area contributed by atoms with E-state index in [4.69, 9.17) is 0 Å². The molecule has 2 heterocycles. The molecule has 5 nitrogen and oxygen atoms in total. The van der Waals surface area contributed by atoms with E-state index in [0.717, 1.165) is 45.3 Å². The minimum absolute atomic E-state index is 0.00557. The summed E-state index contributed by atoms with van der Waals surface area (Å²) in [6.45, 7) is 6.24. The Morgan fingerprint density at radius 1 is 1.25 bits per heavy atom. The molecule has 2 N–H and O–H groups in total. The zero-order valence-corrected chi connectivity index (χ0v) is 12.7. The number of carbonyl (C=O) groups excluding carboxylic acids is 2. The first-order valence-corrected chi connectivity index (χ1v) is 7.89. The highest BCUT2D eigenvalue weighted by Gasteiger charge is 2.31. The second-order valence-electron chi connectivity index (χ2n) is 6.11. The van der Waals surface area contributed by atoms with Crippen LogP contribution in [0.25, 0.3) is 0 Å². The molecule has 0 bridgehead atoms. The van der Waals surface area contributed by atoms with E-state index in [2.05, 4.69) is 17.6 Å². The molecule has 0 saturated carbocycles. The van der Waals surface area contributed by atoms with E-state index in [1.165, 1.54) is 6.42 Å². The zero-order chi connectivity index (χ0) is 14.5. The first-order chi connectivity index (χ1) is 9.60. The maximum Gasteiger partial charge on any atom is 0.239 e. The van der Waals surface area contributed by atoms with Gasteiger partial charge in [0.05, 0.1) is 6.04 Å². The third kappa shape index (κ3) is 3.95. The van der Waals surface area contributed by atoms with E-state index in [9.17, 15) is 9.59 Å². The van der Waals surface area contributed by atoms with Gasteiger partial charge in [-0.3, -0.25) is 9.59 Å². The summed E-state index contributed by atoms with van der Waals surface area (Å²) in [5.74, 6) is 0.959. The molecule has 2 atom stereocenters.